The highest BCUT2D eigenvalue weighted by Crippen LogP contribution is 2.21. The third-order valence-electron chi connectivity index (χ3n) is 3.40. The van der Waals surface area contributed by atoms with Crippen molar-refractivity contribution in [2.24, 2.45) is 5.92 Å². The fourth-order valence-corrected chi connectivity index (χ4v) is 2.34. The Kier molecular flexibility index (Phi) is 7.04. The van der Waals surface area contributed by atoms with E-state index in [2.05, 4.69) is 57.3 Å². The van der Waals surface area contributed by atoms with Gasteiger partial charge in [0.05, 0.1) is 0 Å². The van der Waals surface area contributed by atoms with Gasteiger partial charge in [0.25, 0.3) is 0 Å². The molecule has 0 aliphatic rings. The molecule has 0 spiro atoms. The van der Waals surface area contributed by atoms with E-state index in [0.717, 1.165) is 12.5 Å². The summed E-state index contributed by atoms with van der Waals surface area (Å²) in [4.78, 5) is 0. The van der Waals surface area contributed by atoms with Gasteiger partial charge in [-0.3, -0.25) is 0 Å². The van der Waals surface area contributed by atoms with Gasteiger partial charge in [-0.15, -0.1) is 0 Å². The van der Waals surface area contributed by atoms with Gasteiger partial charge in [-0.05, 0) is 42.9 Å². The Morgan fingerprint density at radius 2 is 1.67 bits per heavy atom. The number of nitrogens with one attached hydrogen (secondary N) is 1. The van der Waals surface area contributed by atoms with Crippen molar-refractivity contribution in [1.82, 2.24) is 5.32 Å². The first-order valence-corrected chi connectivity index (χ1v) is 7.49. The minimum absolute atomic E-state index is 0.521. The van der Waals surface area contributed by atoms with E-state index in [1.165, 1.54) is 36.8 Å². The summed E-state index contributed by atoms with van der Waals surface area (Å²) in [6.07, 6.45) is 4.94. The molecule has 0 heterocycles. The van der Waals surface area contributed by atoms with Crippen LogP contribution in [0.5, 0.6) is 0 Å². The molecule has 1 atom stereocenters. The van der Waals surface area contributed by atoms with Crippen LogP contribution in [0, 0.1) is 5.92 Å². The average Bonchev–Trinajstić information content (AvgIpc) is 2.36. The Hall–Kier alpha value is -0.820. The van der Waals surface area contributed by atoms with Crippen molar-refractivity contribution in [3.05, 3.63) is 35.4 Å². The molecule has 1 heteroatoms. The van der Waals surface area contributed by atoms with Crippen LogP contribution in [0.25, 0.3) is 0 Å². The largest absolute Gasteiger partial charge is 0.310 e. The second-order valence-corrected chi connectivity index (χ2v) is 5.57. The lowest BCUT2D eigenvalue weighted by Crippen LogP contribution is -2.21. The number of hydrogen-bond acceptors (Lipinski definition) is 1. The van der Waals surface area contributed by atoms with Crippen LogP contribution in [-0.4, -0.2) is 6.54 Å². The maximum atomic E-state index is 3.61. The van der Waals surface area contributed by atoms with Gasteiger partial charge in [0, 0.05) is 6.04 Å². The van der Waals surface area contributed by atoms with Gasteiger partial charge in [0.15, 0.2) is 0 Å². The second kappa shape index (κ2) is 8.31. The van der Waals surface area contributed by atoms with Crippen LogP contribution in [0.4, 0.5) is 0 Å². The van der Waals surface area contributed by atoms with Gasteiger partial charge in [-0.25, -0.2) is 0 Å². The lowest BCUT2D eigenvalue weighted by molar-refractivity contribution is 0.448. The predicted molar refractivity (Wildman–Crippen MR) is 80.9 cm³/mol. The van der Waals surface area contributed by atoms with Gasteiger partial charge in [0.1, 0.15) is 0 Å². The third kappa shape index (κ3) is 5.22. The highest BCUT2D eigenvalue weighted by Gasteiger charge is 2.10. The van der Waals surface area contributed by atoms with Crippen molar-refractivity contribution in [2.75, 3.05) is 6.54 Å². The highest BCUT2D eigenvalue weighted by molar-refractivity contribution is 5.25. The van der Waals surface area contributed by atoms with Gasteiger partial charge in [0.2, 0.25) is 0 Å². The first-order valence-electron chi connectivity index (χ1n) is 7.49. The van der Waals surface area contributed by atoms with Crippen LogP contribution in [0.2, 0.25) is 0 Å². The molecule has 0 aliphatic carbocycles. The molecular weight excluding hydrogens is 218 g/mol. The second-order valence-electron chi connectivity index (χ2n) is 5.57. The molecule has 0 aliphatic heterocycles. The van der Waals surface area contributed by atoms with E-state index >= 15 is 0 Å². The molecule has 0 bridgehead atoms. The molecule has 1 N–H and O–H groups in total. The van der Waals surface area contributed by atoms with Gasteiger partial charge in [-0.2, -0.15) is 0 Å². The fraction of sp³-hybridized carbons (Fsp3) is 0.647. The number of benzene rings is 1. The normalized spacial score (nSPS) is 12.9. The summed E-state index contributed by atoms with van der Waals surface area (Å²) in [6.45, 7) is 10.1. The Morgan fingerprint density at radius 1 is 1.00 bits per heavy atom. The lowest BCUT2D eigenvalue weighted by Gasteiger charge is -2.19. The molecular formula is C17H29N. The van der Waals surface area contributed by atoms with E-state index in [1.807, 2.05) is 0 Å². The smallest absolute Gasteiger partial charge is 0.0320 e. The van der Waals surface area contributed by atoms with Gasteiger partial charge >= 0.3 is 0 Å². The molecule has 0 fully saturated rings. The predicted octanol–water partition coefficient (Wildman–Crippen LogP) is 4.73. The van der Waals surface area contributed by atoms with Crippen molar-refractivity contribution in [1.29, 1.82) is 0 Å². The lowest BCUT2D eigenvalue weighted by atomic mass is 9.96. The van der Waals surface area contributed by atoms with E-state index in [-0.39, 0.29) is 0 Å². The maximum absolute atomic E-state index is 3.61. The van der Waals surface area contributed by atoms with Crippen LogP contribution in [0.15, 0.2) is 24.3 Å². The van der Waals surface area contributed by atoms with Crippen molar-refractivity contribution in [3.8, 4) is 0 Å². The molecule has 0 aromatic heterocycles. The average molecular weight is 247 g/mol. The number of rotatable bonds is 8. The molecule has 0 saturated carbocycles. The Labute approximate surface area is 113 Å². The van der Waals surface area contributed by atoms with Crippen molar-refractivity contribution in [3.63, 3.8) is 0 Å². The van der Waals surface area contributed by atoms with Crippen LogP contribution >= 0.6 is 0 Å². The number of hydrogen-bond donors (Lipinski definition) is 1. The quantitative estimate of drug-likeness (QED) is 0.700. The van der Waals surface area contributed by atoms with Crippen LogP contribution < -0.4 is 5.32 Å². The molecule has 0 radical (unpaired) electrons. The molecule has 1 unspecified atom stereocenters. The summed E-state index contributed by atoms with van der Waals surface area (Å²) in [7, 11) is 0. The zero-order valence-corrected chi connectivity index (χ0v) is 12.5. The summed E-state index contributed by atoms with van der Waals surface area (Å²) in [5.41, 5.74) is 2.90. The zero-order valence-electron chi connectivity index (χ0n) is 12.5. The van der Waals surface area contributed by atoms with Gasteiger partial charge < -0.3 is 5.32 Å². The topological polar surface area (TPSA) is 12.0 Å². The summed E-state index contributed by atoms with van der Waals surface area (Å²) in [5, 5.41) is 3.61. The van der Waals surface area contributed by atoms with E-state index in [0.29, 0.717) is 6.04 Å². The molecule has 1 nitrogen and oxygen atoms in total. The minimum Gasteiger partial charge on any atom is -0.310 e. The molecule has 102 valence electrons. The first-order chi connectivity index (χ1) is 8.67. The Morgan fingerprint density at radius 3 is 2.17 bits per heavy atom. The molecule has 1 aromatic carbocycles. The van der Waals surface area contributed by atoms with Crippen molar-refractivity contribution in [2.45, 2.75) is 59.4 Å². The maximum Gasteiger partial charge on any atom is 0.0320 e. The fourth-order valence-electron chi connectivity index (χ4n) is 2.34. The van der Waals surface area contributed by atoms with E-state index in [1.54, 1.807) is 0 Å². The minimum atomic E-state index is 0.521. The van der Waals surface area contributed by atoms with Gasteiger partial charge in [-0.1, -0.05) is 58.4 Å². The monoisotopic (exact) mass is 247 g/mol. The molecule has 0 amide bonds. The summed E-state index contributed by atoms with van der Waals surface area (Å²) < 4.78 is 0. The number of aryl methyl sites for hydroxylation is 1. The van der Waals surface area contributed by atoms with E-state index in [9.17, 15) is 0 Å². The zero-order chi connectivity index (χ0) is 13.4. The molecule has 1 rings (SSSR count). The SMILES string of the molecule is CCCc1ccc(C(CCC(C)C)NCC)cc1. The summed E-state index contributed by atoms with van der Waals surface area (Å²) in [6, 6.07) is 9.71. The Bertz CT molecular complexity index is 313. The molecule has 1 aromatic rings. The summed E-state index contributed by atoms with van der Waals surface area (Å²) >= 11 is 0. The third-order valence-corrected chi connectivity index (χ3v) is 3.40. The van der Waals surface area contributed by atoms with Crippen molar-refractivity contribution >= 4 is 0 Å². The Balaban J connectivity index is 2.65. The molecule has 18 heavy (non-hydrogen) atoms. The highest BCUT2D eigenvalue weighted by atomic mass is 14.9. The standard InChI is InChI=1S/C17H29N/c1-5-7-15-9-11-16(12-10-15)17(18-6-2)13-8-14(3)4/h9-12,14,17-18H,5-8,13H2,1-4H3. The van der Waals surface area contributed by atoms with Crippen LogP contribution in [0.3, 0.4) is 0 Å². The molecule has 0 saturated heterocycles. The first kappa shape index (κ1) is 15.2. The van der Waals surface area contributed by atoms with Crippen molar-refractivity contribution < 1.29 is 0 Å². The summed E-state index contributed by atoms with van der Waals surface area (Å²) in [5.74, 6) is 0.783. The van der Waals surface area contributed by atoms with Crippen LogP contribution in [-0.2, 0) is 6.42 Å². The van der Waals surface area contributed by atoms with E-state index in [4.69, 9.17) is 0 Å². The van der Waals surface area contributed by atoms with Crippen LogP contribution in [0.1, 0.15) is 64.1 Å². The van der Waals surface area contributed by atoms with E-state index < -0.39 is 0 Å².